The molecule has 0 spiro atoms. The number of ether oxygens (including phenoxy) is 2. The molecule has 0 amide bonds. The summed E-state index contributed by atoms with van der Waals surface area (Å²) in [5.74, 6) is 1.13. The Morgan fingerprint density at radius 3 is 2.46 bits per heavy atom. The van der Waals surface area contributed by atoms with Crippen LogP contribution in [0, 0.1) is 0 Å². The van der Waals surface area contributed by atoms with Gasteiger partial charge in [-0.25, -0.2) is 0 Å². The molecule has 0 atom stereocenters. The topological polar surface area (TPSA) is 61.8 Å². The van der Waals surface area contributed by atoms with Crippen LogP contribution in [-0.2, 0) is 27.5 Å². The van der Waals surface area contributed by atoms with Gasteiger partial charge in [0.1, 0.15) is 24.7 Å². The Labute approximate surface area is 142 Å². The predicted molar refractivity (Wildman–Crippen MR) is 92.5 cm³/mol. The molecule has 0 bridgehead atoms. The second-order valence-corrected chi connectivity index (χ2v) is 6.75. The van der Waals surface area contributed by atoms with Crippen LogP contribution in [0.1, 0.15) is 11.1 Å². The summed E-state index contributed by atoms with van der Waals surface area (Å²) >= 11 is 0. The van der Waals surface area contributed by atoms with Crippen molar-refractivity contribution in [2.24, 2.45) is 0 Å². The molecule has 0 heterocycles. The second kappa shape index (κ2) is 8.52. The van der Waals surface area contributed by atoms with Gasteiger partial charge >= 0.3 is 0 Å². The maximum Gasteiger partial charge on any atom is 0.264 e. The largest absolute Gasteiger partial charge is 0.489 e. The van der Waals surface area contributed by atoms with E-state index >= 15 is 0 Å². The fraction of sp³-hybridized carbons (Fsp3) is 0.222. The highest BCUT2D eigenvalue weighted by molar-refractivity contribution is 7.85. The minimum absolute atomic E-state index is 0.0926. The van der Waals surface area contributed by atoms with Crippen LogP contribution in [0.3, 0.4) is 0 Å². The van der Waals surface area contributed by atoms with E-state index in [0.29, 0.717) is 30.3 Å². The third-order valence-electron chi connectivity index (χ3n) is 3.07. The van der Waals surface area contributed by atoms with Crippen molar-refractivity contribution in [2.45, 2.75) is 13.2 Å². The average Bonchev–Trinajstić information content (AvgIpc) is 2.57. The Bertz CT molecular complexity index is 769. The van der Waals surface area contributed by atoms with Crippen LogP contribution in [-0.4, -0.2) is 21.3 Å². The van der Waals surface area contributed by atoms with Gasteiger partial charge < -0.3 is 9.47 Å². The van der Waals surface area contributed by atoms with E-state index in [2.05, 4.69) is 6.58 Å². The molecule has 0 fully saturated rings. The maximum absolute atomic E-state index is 11.2. The van der Waals surface area contributed by atoms with Crippen molar-refractivity contribution in [2.75, 3.05) is 12.9 Å². The first-order chi connectivity index (χ1) is 11.5. The van der Waals surface area contributed by atoms with Crippen molar-refractivity contribution in [3.8, 4) is 11.5 Å². The molecule has 2 aromatic rings. The van der Waals surface area contributed by atoms with Crippen molar-refractivity contribution in [3.63, 3.8) is 0 Å². The summed E-state index contributed by atoms with van der Waals surface area (Å²) < 4.78 is 38.6. The molecule has 128 valence electrons. The molecule has 0 unspecified atom stereocenters. The van der Waals surface area contributed by atoms with Gasteiger partial charge in [-0.2, -0.15) is 8.42 Å². The molecule has 0 radical (unpaired) electrons. The Kier molecular flexibility index (Phi) is 6.40. The van der Waals surface area contributed by atoms with Crippen LogP contribution in [0.5, 0.6) is 11.5 Å². The van der Waals surface area contributed by atoms with Crippen molar-refractivity contribution in [1.82, 2.24) is 0 Å². The molecule has 0 N–H and O–H groups in total. The smallest absolute Gasteiger partial charge is 0.264 e. The summed E-state index contributed by atoms with van der Waals surface area (Å²) in [4.78, 5) is 0. The van der Waals surface area contributed by atoms with Gasteiger partial charge in [0.15, 0.2) is 0 Å². The molecule has 0 aliphatic rings. The zero-order valence-electron chi connectivity index (χ0n) is 13.5. The Balaban J connectivity index is 2.16. The fourth-order valence-corrected chi connectivity index (χ4v) is 2.28. The van der Waals surface area contributed by atoms with E-state index in [4.69, 9.17) is 13.7 Å². The van der Waals surface area contributed by atoms with Gasteiger partial charge in [-0.15, -0.1) is 0 Å². The van der Waals surface area contributed by atoms with Gasteiger partial charge in [-0.3, -0.25) is 4.18 Å². The lowest BCUT2D eigenvalue weighted by Gasteiger charge is -2.13. The molecular formula is C18H20O5S. The van der Waals surface area contributed by atoms with E-state index in [1.165, 1.54) is 0 Å². The highest BCUT2D eigenvalue weighted by Gasteiger charge is 2.10. The molecule has 0 saturated heterocycles. The Morgan fingerprint density at radius 1 is 1.04 bits per heavy atom. The van der Waals surface area contributed by atoms with E-state index < -0.39 is 10.1 Å². The molecule has 0 aliphatic carbocycles. The zero-order chi connectivity index (χ0) is 17.4. The molecule has 0 aliphatic heterocycles. The van der Waals surface area contributed by atoms with Crippen LogP contribution in [0.4, 0.5) is 0 Å². The highest BCUT2D eigenvalue weighted by Crippen LogP contribution is 2.27. The summed E-state index contributed by atoms with van der Waals surface area (Å²) in [5, 5.41) is 0. The minimum Gasteiger partial charge on any atom is -0.489 e. The van der Waals surface area contributed by atoms with E-state index in [9.17, 15) is 8.42 Å². The monoisotopic (exact) mass is 348 g/mol. The predicted octanol–water partition coefficient (Wildman–Crippen LogP) is 3.31. The molecule has 2 aromatic carbocycles. The van der Waals surface area contributed by atoms with Gasteiger partial charge in [0.05, 0.1) is 12.9 Å². The van der Waals surface area contributed by atoms with Crippen LogP contribution >= 0.6 is 0 Å². The van der Waals surface area contributed by atoms with Gasteiger partial charge in [-0.05, 0) is 17.7 Å². The van der Waals surface area contributed by atoms with Gasteiger partial charge in [0.2, 0.25) is 0 Å². The second-order valence-electron chi connectivity index (χ2n) is 5.11. The fourth-order valence-electron chi connectivity index (χ4n) is 1.94. The quantitative estimate of drug-likeness (QED) is 0.514. The lowest BCUT2D eigenvalue weighted by Crippen LogP contribution is -2.05. The summed E-state index contributed by atoms with van der Waals surface area (Å²) in [7, 11) is -3.53. The van der Waals surface area contributed by atoms with E-state index in [-0.39, 0.29) is 6.61 Å². The third kappa shape index (κ3) is 6.06. The van der Waals surface area contributed by atoms with Gasteiger partial charge in [-0.1, -0.05) is 43.0 Å². The van der Waals surface area contributed by atoms with Crippen molar-refractivity contribution < 1.29 is 22.1 Å². The maximum atomic E-state index is 11.2. The third-order valence-corrected chi connectivity index (χ3v) is 3.62. The normalized spacial score (nSPS) is 11.0. The Hall–Kier alpha value is -2.31. The molecule has 24 heavy (non-hydrogen) atoms. The number of rotatable bonds is 9. The van der Waals surface area contributed by atoms with E-state index in [0.717, 1.165) is 11.8 Å². The van der Waals surface area contributed by atoms with E-state index in [1.54, 1.807) is 24.3 Å². The SMILES string of the molecule is C=CCOc1ccc(COS(C)(=O)=O)c(OCc2ccccc2)c1. The summed E-state index contributed by atoms with van der Waals surface area (Å²) in [6, 6.07) is 14.9. The minimum atomic E-state index is -3.53. The zero-order valence-corrected chi connectivity index (χ0v) is 14.3. The van der Waals surface area contributed by atoms with Gasteiger partial charge in [0, 0.05) is 11.6 Å². The lowest BCUT2D eigenvalue weighted by atomic mass is 10.2. The molecule has 5 nitrogen and oxygen atoms in total. The lowest BCUT2D eigenvalue weighted by molar-refractivity contribution is 0.275. The van der Waals surface area contributed by atoms with Crippen molar-refractivity contribution >= 4 is 10.1 Å². The molecule has 0 saturated carbocycles. The number of benzene rings is 2. The van der Waals surface area contributed by atoms with Crippen LogP contribution in [0.25, 0.3) is 0 Å². The molecule has 0 aromatic heterocycles. The van der Waals surface area contributed by atoms with Gasteiger partial charge in [0.25, 0.3) is 10.1 Å². The molecule has 6 heteroatoms. The highest BCUT2D eigenvalue weighted by atomic mass is 32.2. The van der Waals surface area contributed by atoms with Crippen molar-refractivity contribution in [3.05, 3.63) is 72.3 Å². The summed E-state index contributed by atoms with van der Waals surface area (Å²) in [5.41, 5.74) is 1.63. The number of hydrogen-bond acceptors (Lipinski definition) is 5. The first-order valence-electron chi connectivity index (χ1n) is 7.35. The van der Waals surface area contributed by atoms with Crippen LogP contribution in [0.2, 0.25) is 0 Å². The van der Waals surface area contributed by atoms with Crippen molar-refractivity contribution in [1.29, 1.82) is 0 Å². The first-order valence-corrected chi connectivity index (χ1v) is 9.17. The van der Waals surface area contributed by atoms with E-state index in [1.807, 2.05) is 30.3 Å². The summed E-state index contributed by atoms with van der Waals surface area (Å²) in [6.45, 7) is 4.24. The van der Waals surface area contributed by atoms with Crippen LogP contribution in [0.15, 0.2) is 61.2 Å². The van der Waals surface area contributed by atoms with Crippen LogP contribution < -0.4 is 9.47 Å². The summed E-state index contributed by atoms with van der Waals surface area (Å²) in [6.07, 6.45) is 2.66. The molecule has 2 rings (SSSR count). The number of hydrogen-bond donors (Lipinski definition) is 0. The molecular weight excluding hydrogens is 328 g/mol. The average molecular weight is 348 g/mol. The Morgan fingerprint density at radius 2 is 1.79 bits per heavy atom. The standard InChI is InChI=1S/C18H20O5S/c1-3-11-21-17-10-9-16(14-23-24(2,19)20)18(12-17)22-13-15-7-5-4-6-8-15/h3-10,12H,1,11,13-14H2,2H3. The first kappa shape index (κ1) is 18.0.